The first-order valence-electron chi connectivity index (χ1n) is 12.7. The first-order chi connectivity index (χ1) is 17.6. The van der Waals surface area contributed by atoms with Crippen molar-refractivity contribution in [1.82, 2.24) is 19.9 Å². The van der Waals surface area contributed by atoms with Crippen molar-refractivity contribution in [3.63, 3.8) is 0 Å². The molecule has 2 saturated heterocycles. The number of ether oxygens (including phenoxy) is 1. The van der Waals surface area contributed by atoms with Gasteiger partial charge in [-0.3, -0.25) is 4.79 Å². The fourth-order valence-corrected chi connectivity index (χ4v) is 5.16. The number of rotatable bonds is 7. The third kappa shape index (κ3) is 4.57. The van der Waals surface area contributed by atoms with E-state index in [-0.39, 0.29) is 23.7 Å². The van der Waals surface area contributed by atoms with Crippen LogP contribution in [0.3, 0.4) is 0 Å². The van der Waals surface area contributed by atoms with Crippen molar-refractivity contribution in [3.8, 4) is 12.1 Å². The van der Waals surface area contributed by atoms with Crippen LogP contribution in [0.1, 0.15) is 61.4 Å². The molecule has 2 aliphatic heterocycles. The van der Waals surface area contributed by atoms with Gasteiger partial charge in [0.25, 0.3) is 0 Å². The second kappa shape index (κ2) is 9.36. The number of nitriles is 2. The number of nitrogens with one attached hydrogen (secondary N) is 1. The Morgan fingerprint density at radius 3 is 2.64 bits per heavy atom. The van der Waals surface area contributed by atoms with Gasteiger partial charge < -0.3 is 19.9 Å². The Morgan fingerprint density at radius 1 is 1.14 bits per heavy atom. The van der Waals surface area contributed by atoms with Gasteiger partial charge in [0.15, 0.2) is 0 Å². The van der Waals surface area contributed by atoms with Crippen molar-refractivity contribution in [2.75, 3.05) is 36.5 Å². The number of hydrogen-bond donors (Lipinski definition) is 1. The highest BCUT2D eigenvalue weighted by atomic mass is 16.5. The summed E-state index contributed by atoms with van der Waals surface area (Å²) in [6, 6.07) is 7.87. The summed E-state index contributed by atoms with van der Waals surface area (Å²) in [4.78, 5) is 30.7. The molecular weight excluding hydrogens is 456 g/mol. The molecule has 4 fully saturated rings. The second-order valence-corrected chi connectivity index (χ2v) is 10.1. The molecule has 4 aliphatic rings. The standard InChI is InChI=1S/C26H28N8O2/c27-13-18-11-21(31-26-29-7-5-19(14-28)30-26)24(17-3-4-17)32-25(18)33-8-9-34(22(15-33)16-1-2-16)23(35)12-20-6-10-36-20/h5,7,11,16-17,20,22H,1-4,6,8-10,12,15H2,(H,29,30,31). The number of piperazine rings is 1. The predicted molar refractivity (Wildman–Crippen MR) is 130 cm³/mol. The summed E-state index contributed by atoms with van der Waals surface area (Å²) in [5.74, 6) is 2.02. The van der Waals surface area contributed by atoms with Gasteiger partial charge in [0.2, 0.25) is 11.9 Å². The van der Waals surface area contributed by atoms with Crippen molar-refractivity contribution < 1.29 is 9.53 Å². The average molecular weight is 485 g/mol. The Morgan fingerprint density at radius 2 is 1.97 bits per heavy atom. The first-order valence-corrected chi connectivity index (χ1v) is 12.7. The van der Waals surface area contributed by atoms with E-state index in [1.807, 2.05) is 12.1 Å². The third-order valence-corrected chi connectivity index (χ3v) is 7.53. The van der Waals surface area contributed by atoms with E-state index >= 15 is 0 Å². The maximum atomic E-state index is 13.0. The summed E-state index contributed by atoms with van der Waals surface area (Å²) < 4.78 is 5.50. The summed E-state index contributed by atoms with van der Waals surface area (Å²) in [6.07, 6.45) is 7.40. The van der Waals surface area contributed by atoms with Gasteiger partial charge >= 0.3 is 0 Å². The molecule has 2 aromatic heterocycles. The predicted octanol–water partition coefficient (Wildman–Crippen LogP) is 2.84. The Labute approximate surface area is 209 Å². The summed E-state index contributed by atoms with van der Waals surface area (Å²) in [7, 11) is 0. The molecule has 2 unspecified atom stereocenters. The molecule has 0 spiro atoms. The van der Waals surface area contributed by atoms with Crippen LogP contribution in [0.5, 0.6) is 0 Å². The Kier molecular flexibility index (Phi) is 5.90. The van der Waals surface area contributed by atoms with Crippen LogP contribution in [0.4, 0.5) is 17.5 Å². The highest BCUT2D eigenvalue weighted by Crippen LogP contribution is 2.45. The number of amides is 1. The molecule has 184 valence electrons. The van der Waals surface area contributed by atoms with Crippen molar-refractivity contribution in [1.29, 1.82) is 10.5 Å². The summed E-state index contributed by atoms with van der Waals surface area (Å²) >= 11 is 0. The molecule has 4 heterocycles. The van der Waals surface area contributed by atoms with Gasteiger partial charge in [-0.05, 0) is 50.2 Å². The van der Waals surface area contributed by atoms with E-state index in [1.54, 1.807) is 6.07 Å². The van der Waals surface area contributed by atoms with Crippen LogP contribution in [0, 0.1) is 28.6 Å². The van der Waals surface area contributed by atoms with Crippen LogP contribution in [0.25, 0.3) is 0 Å². The van der Waals surface area contributed by atoms with E-state index in [2.05, 4.69) is 31.2 Å². The number of anilines is 3. The number of pyridine rings is 1. The molecule has 2 atom stereocenters. The summed E-state index contributed by atoms with van der Waals surface area (Å²) in [5.41, 5.74) is 2.36. The Bertz CT molecular complexity index is 1260. The molecular formula is C26H28N8O2. The van der Waals surface area contributed by atoms with Crippen LogP contribution in [0.15, 0.2) is 18.3 Å². The molecule has 2 aliphatic carbocycles. The lowest BCUT2D eigenvalue weighted by Crippen LogP contribution is -2.57. The van der Waals surface area contributed by atoms with E-state index in [9.17, 15) is 10.1 Å². The minimum absolute atomic E-state index is 0.0706. The van der Waals surface area contributed by atoms with Crippen molar-refractivity contribution in [2.45, 2.75) is 56.6 Å². The molecule has 0 aromatic carbocycles. The molecule has 2 saturated carbocycles. The SMILES string of the molecule is N#Cc1ccnc(Nc2cc(C#N)c(N3CCN(C(=O)CC4CCO4)C(C4CC4)C3)nc2C2CC2)n1. The molecule has 0 radical (unpaired) electrons. The van der Waals surface area contributed by atoms with Gasteiger partial charge in [-0.1, -0.05) is 0 Å². The fraction of sp³-hybridized carbons (Fsp3) is 0.538. The van der Waals surface area contributed by atoms with Gasteiger partial charge in [0.1, 0.15) is 23.7 Å². The van der Waals surface area contributed by atoms with Gasteiger partial charge in [0, 0.05) is 38.4 Å². The maximum Gasteiger partial charge on any atom is 0.228 e. The minimum Gasteiger partial charge on any atom is -0.377 e. The Hall–Kier alpha value is -3.76. The quantitative estimate of drug-likeness (QED) is 0.630. The van der Waals surface area contributed by atoms with E-state index in [0.29, 0.717) is 60.9 Å². The minimum atomic E-state index is 0.0706. The van der Waals surface area contributed by atoms with Crippen LogP contribution in [-0.4, -0.2) is 64.1 Å². The van der Waals surface area contributed by atoms with Crippen LogP contribution < -0.4 is 10.2 Å². The highest BCUT2D eigenvalue weighted by molar-refractivity contribution is 5.78. The number of nitrogens with zero attached hydrogens (tertiary/aromatic N) is 7. The largest absolute Gasteiger partial charge is 0.377 e. The molecule has 10 heteroatoms. The zero-order valence-corrected chi connectivity index (χ0v) is 20.1. The number of hydrogen-bond acceptors (Lipinski definition) is 9. The van der Waals surface area contributed by atoms with Gasteiger partial charge in [-0.25, -0.2) is 15.0 Å². The molecule has 1 N–H and O–H groups in total. The molecule has 36 heavy (non-hydrogen) atoms. The van der Waals surface area contributed by atoms with Gasteiger partial charge in [-0.15, -0.1) is 0 Å². The maximum absolute atomic E-state index is 13.0. The zero-order chi connectivity index (χ0) is 24.6. The van der Waals surface area contributed by atoms with Gasteiger partial charge in [-0.2, -0.15) is 10.5 Å². The van der Waals surface area contributed by atoms with Gasteiger partial charge in [0.05, 0.1) is 35.5 Å². The summed E-state index contributed by atoms with van der Waals surface area (Å²) in [6.45, 7) is 2.72. The van der Waals surface area contributed by atoms with Crippen LogP contribution in [-0.2, 0) is 9.53 Å². The lowest BCUT2D eigenvalue weighted by Gasteiger charge is -2.43. The van der Waals surface area contributed by atoms with E-state index in [0.717, 1.165) is 44.4 Å². The van der Waals surface area contributed by atoms with Crippen molar-refractivity contribution in [2.24, 2.45) is 5.92 Å². The zero-order valence-electron chi connectivity index (χ0n) is 20.1. The third-order valence-electron chi connectivity index (χ3n) is 7.53. The number of aromatic nitrogens is 3. The highest BCUT2D eigenvalue weighted by Gasteiger charge is 2.42. The average Bonchev–Trinajstić information content (AvgIpc) is 3.79. The Balaban J connectivity index is 1.26. The number of carbonyl (C=O) groups is 1. The second-order valence-electron chi connectivity index (χ2n) is 10.1. The van der Waals surface area contributed by atoms with Crippen molar-refractivity contribution in [3.05, 3.63) is 35.3 Å². The normalized spacial score (nSPS) is 23.4. The topological polar surface area (TPSA) is 131 Å². The lowest BCUT2D eigenvalue weighted by atomic mass is 10.0. The van der Waals surface area contributed by atoms with E-state index in [1.165, 1.54) is 6.20 Å². The molecule has 0 bridgehead atoms. The first kappa shape index (κ1) is 22.7. The van der Waals surface area contributed by atoms with Crippen LogP contribution in [0.2, 0.25) is 0 Å². The molecule has 1 amide bonds. The van der Waals surface area contributed by atoms with E-state index < -0.39 is 0 Å². The summed E-state index contributed by atoms with van der Waals surface area (Å²) in [5, 5.41) is 22.4. The lowest BCUT2D eigenvalue weighted by molar-refractivity contribution is -0.142. The fourth-order valence-electron chi connectivity index (χ4n) is 5.16. The monoisotopic (exact) mass is 484 g/mol. The molecule has 6 rings (SSSR count). The van der Waals surface area contributed by atoms with Crippen LogP contribution >= 0.6 is 0 Å². The number of carbonyl (C=O) groups excluding carboxylic acids is 1. The van der Waals surface area contributed by atoms with Crippen molar-refractivity contribution >= 4 is 23.4 Å². The molecule has 10 nitrogen and oxygen atoms in total. The molecule has 2 aromatic rings. The van der Waals surface area contributed by atoms with E-state index in [4.69, 9.17) is 15.0 Å². The smallest absolute Gasteiger partial charge is 0.228 e.